The molecule has 1 heterocycles. The summed E-state index contributed by atoms with van der Waals surface area (Å²) >= 11 is 0. The average molecular weight is 299 g/mol. The lowest BCUT2D eigenvalue weighted by Crippen LogP contribution is -2.38. The van der Waals surface area contributed by atoms with Crippen molar-refractivity contribution in [1.29, 1.82) is 0 Å². The molecule has 1 N–H and O–H groups in total. The second-order valence-electron chi connectivity index (χ2n) is 5.03. The van der Waals surface area contributed by atoms with Crippen molar-refractivity contribution >= 4 is 18.3 Å². The zero-order chi connectivity index (χ0) is 13.7. The number of nitrogens with zero attached hydrogens (tertiary/aromatic N) is 1. The number of ether oxygens (including phenoxy) is 1. The number of nitrogens with one attached hydrogen (secondary N) is 1. The molecule has 0 aromatic heterocycles. The summed E-state index contributed by atoms with van der Waals surface area (Å²) in [6, 6.07) is 7.85. The molecule has 0 aliphatic carbocycles. The number of carbonyl (C=O) groups is 1. The fraction of sp³-hybridized carbons (Fsp3) is 0.533. The van der Waals surface area contributed by atoms with Gasteiger partial charge in [0.15, 0.2) is 0 Å². The highest BCUT2D eigenvalue weighted by Gasteiger charge is 2.24. The lowest BCUT2D eigenvalue weighted by atomic mass is 9.96. The Hall–Kier alpha value is -1.26. The maximum absolute atomic E-state index is 12.4. The first-order chi connectivity index (χ1) is 9.22. The normalized spacial score (nSPS) is 15.3. The van der Waals surface area contributed by atoms with E-state index in [0.717, 1.165) is 37.2 Å². The van der Waals surface area contributed by atoms with E-state index in [0.29, 0.717) is 6.54 Å². The third kappa shape index (κ3) is 4.12. The van der Waals surface area contributed by atoms with Crippen molar-refractivity contribution in [3.05, 3.63) is 29.8 Å². The van der Waals surface area contributed by atoms with Gasteiger partial charge >= 0.3 is 0 Å². The quantitative estimate of drug-likeness (QED) is 0.925. The van der Waals surface area contributed by atoms with Crippen LogP contribution < -0.4 is 10.1 Å². The molecule has 1 aliphatic rings. The first-order valence-electron chi connectivity index (χ1n) is 6.80. The minimum atomic E-state index is 0. The van der Waals surface area contributed by atoms with E-state index in [1.54, 1.807) is 7.11 Å². The van der Waals surface area contributed by atoms with Crippen molar-refractivity contribution in [1.82, 2.24) is 10.2 Å². The van der Waals surface area contributed by atoms with Gasteiger partial charge in [-0.1, -0.05) is 18.2 Å². The third-order valence-corrected chi connectivity index (χ3v) is 3.66. The highest BCUT2D eigenvalue weighted by atomic mass is 35.5. The van der Waals surface area contributed by atoms with Crippen LogP contribution in [0.3, 0.4) is 0 Å². The Kier molecular flexibility index (Phi) is 6.82. The summed E-state index contributed by atoms with van der Waals surface area (Å²) in [6.45, 7) is 2.49. The molecule has 0 spiro atoms. The first kappa shape index (κ1) is 16.8. The van der Waals surface area contributed by atoms with Gasteiger partial charge in [0.2, 0.25) is 5.91 Å². The van der Waals surface area contributed by atoms with Gasteiger partial charge in [-0.2, -0.15) is 0 Å². The maximum atomic E-state index is 12.4. The molecule has 1 fully saturated rings. The molecule has 20 heavy (non-hydrogen) atoms. The number of amides is 1. The van der Waals surface area contributed by atoms with Crippen molar-refractivity contribution in [2.45, 2.75) is 19.4 Å². The van der Waals surface area contributed by atoms with Gasteiger partial charge < -0.3 is 15.0 Å². The zero-order valence-corrected chi connectivity index (χ0v) is 12.9. The van der Waals surface area contributed by atoms with Crippen LogP contribution in [0.1, 0.15) is 18.4 Å². The molecule has 4 nitrogen and oxygen atoms in total. The van der Waals surface area contributed by atoms with Crippen molar-refractivity contribution in [2.75, 3.05) is 27.2 Å². The van der Waals surface area contributed by atoms with Crippen LogP contribution in [0.2, 0.25) is 0 Å². The van der Waals surface area contributed by atoms with Gasteiger partial charge in [0, 0.05) is 25.1 Å². The Morgan fingerprint density at radius 2 is 2.00 bits per heavy atom. The molecule has 0 saturated carbocycles. The average Bonchev–Trinajstić information content (AvgIpc) is 2.48. The number of piperidine rings is 1. The van der Waals surface area contributed by atoms with Crippen molar-refractivity contribution in [3.8, 4) is 5.75 Å². The fourth-order valence-electron chi connectivity index (χ4n) is 2.55. The fourth-order valence-corrected chi connectivity index (χ4v) is 2.55. The van der Waals surface area contributed by atoms with Crippen molar-refractivity contribution in [2.24, 2.45) is 5.92 Å². The Balaban J connectivity index is 0.00000200. The Morgan fingerprint density at radius 1 is 1.35 bits per heavy atom. The molecule has 1 aromatic carbocycles. The summed E-state index contributed by atoms with van der Waals surface area (Å²) in [5, 5.41) is 3.29. The molecule has 112 valence electrons. The highest BCUT2D eigenvalue weighted by molar-refractivity contribution is 5.85. The first-order valence-corrected chi connectivity index (χ1v) is 6.80. The lowest BCUT2D eigenvalue weighted by Gasteiger charge is -2.27. The molecule has 2 rings (SSSR count). The van der Waals surface area contributed by atoms with E-state index in [1.807, 2.05) is 36.2 Å². The van der Waals surface area contributed by atoms with Crippen LogP contribution in [0, 0.1) is 5.92 Å². The number of para-hydroxylation sites is 1. The van der Waals surface area contributed by atoms with Gasteiger partial charge in [0.1, 0.15) is 5.75 Å². The maximum Gasteiger partial charge on any atom is 0.225 e. The molecule has 0 radical (unpaired) electrons. The summed E-state index contributed by atoms with van der Waals surface area (Å²) < 4.78 is 5.32. The molecule has 1 aliphatic heterocycles. The van der Waals surface area contributed by atoms with Gasteiger partial charge in [-0.3, -0.25) is 4.79 Å². The molecular formula is C15H23ClN2O2. The topological polar surface area (TPSA) is 41.6 Å². The summed E-state index contributed by atoms with van der Waals surface area (Å²) in [5.41, 5.74) is 1.05. The van der Waals surface area contributed by atoms with Crippen LogP contribution in [0.15, 0.2) is 24.3 Å². The van der Waals surface area contributed by atoms with Crippen LogP contribution in [-0.2, 0) is 11.3 Å². The van der Waals surface area contributed by atoms with Crippen molar-refractivity contribution < 1.29 is 9.53 Å². The van der Waals surface area contributed by atoms with Gasteiger partial charge in [-0.25, -0.2) is 0 Å². The molecule has 0 unspecified atom stereocenters. The summed E-state index contributed by atoms with van der Waals surface area (Å²) in [7, 11) is 3.53. The monoisotopic (exact) mass is 298 g/mol. The number of carbonyl (C=O) groups excluding carboxylic acids is 1. The molecule has 5 heteroatoms. The Labute approximate surface area is 126 Å². The number of methoxy groups -OCH3 is 1. The van der Waals surface area contributed by atoms with E-state index in [2.05, 4.69) is 5.32 Å². The number of halogens is 1. The Morgan fingerprint density at radius 3 is 2.65 bits per heavy atom. The third-order valence-electron chi connectivity index (χ3n) is 3.66. The van der Waals surface area contributed by atoms with E-state index < -0.39 is 0 Å². The standard InChI is InChI=1S/C15H22N2O2.ClH/c1-17(15(18)12-7-9-16-10-8-12)11-13-5-3-4-6-14(13)19-2;/h3-6,12,16H,7-11H2,1-2H3;1H. The van der Waals surface area contributed by atoms with Gasteiger partial charge in [-0.05, 0) is 32.0 Å². The van der Waals surface area contributed by atoms with E-state index in [1.165, 1.54) is 0 Å². The molecule has 0 atom stereocenters. The number of benzene rings is 1. The number of hydrogen-bond donors (Lipinski definition) is 1. The van der Waals surface area contributed by atoms with E-state index >= 15 is 0 Å². The predicted molar refractivity (Wildman–Crippen MR) is 82.3 cm³/mol. The molecule has 1 saturated heterocycles. The SMILES string of the molecule is COc1ccccc1CN(C)C(=O)C1CCNCC1.Cl. The van der Waals surface area contributed by atoms with Crippen molar-refractivity contribution in [3.63, 3.8) is 0 Å². The lowest BCUT2D eigenvalue weighted by molar-refractivity contribution is -0.135. The van der Waals surface area contributed by atoms with Gasteiger partial charge in [0.05, 0.1) is 7.11 Å². The molecular weight excluding hydrogens is 276 g/mol. The van der Waals surface area contributed by atoms with E-state index in [9.17, 15) is 4.79 Å². The predicted octanol–water partition coefficient (Wildman–Crippen LogP) is 2.07. The van der Waals surface area contributed by atoms with Crippen LogP contribution in [0.5, 0.6) is 5.75 Å². The second kappa shape index (κ2) is 8.12. The summed E-state index contributed by atoms with van der Waals surface area (Å²) in [6.07, 6.45) is 1.88. The smallest absolute Gasteiger partial charge is 0.225 e. The minimum Gasteiger partial charge on any atom is -0.496 e. The van der Waals surface area contributed by atoms with Gasteiger partial charge in [-0.15, -0.1) is 12.4 Å². The van der Waals surface area contributed by atoms with Crippen LogP contribution in [-0.4, -0.2) is 38.1 Å². The van der Waals surface area contributed by atoms with E-state index in [-0.39, 0.29) is 24.2 Å². The number of rotatable bonds is 4. The molecule has 0 bridgehead atoms. The largest absolute Gasteiger partial charge is 0.496 e. The van der Waals surface area contributed by atoms with E-state index in [4.69, 9.17) is 4.74 Å². The molecule has 1 aromatic rings. The Bertz CT molecular complexity index is 434. The van der Waals surface area contributed by atoms with Crippen LogP contribution in [0.4, 0.5) is 0 Å². The summed E-state index contributed by atoms with van der Waals surface area (Å²) in [5.74, 6) is 1.25. The minimum absolute atomic E-state index is 0. The highest BCUT2D eigenvalue weighted by Crippen LogP contribution is 2.21. The summed E-state index contributed by atoms with van der Waals surface area (Å²) in [4.78, 5) is 14.2. The van der Waals surface area contributed by atoms with Crippen LogP contribution in [0.25, 0.3) is 0 Å². The molecule has 1 amide bonds. The second-order valence-corrected chi connectivity index (χ2v) is 5.03. The number of hydrogen-bond acceptors (Lipinski definition) is 3. The van der Waals surface area contributed by atoms with Crippen LogP contribution >= 0.6 is 12.4 Å². The van der Waals surface area contributed by atoms with Gasteiger partial charge in [0.25, 0.3) is 0 Å². The zero-order valence-electron chi connectivity index (χ0n) is 12.1.